The summed E-state index contributed by atoms with van der Waals surface area (Å²) in [5, 5.41) is 1.47. The zero-order valence-electron chi connectivity index (χ0n) is 17.3. The van der Waals surface area contributed by atoms with Gasteiger partial charge >= 0.3 is 11.9 Å². The van der Waals surface area contributed by atoms with E-state index in [2.05, 4.69) is 6.58 Å². The van der Waals surface area contributed by atoms with Gasteiger partial charge in [0, 0.05) is 0 Å². The first-order chi connectivity index (χ1) is 14.6. The number of hydrogen-bond acceptors (Lipinski definition) is 7. The van der Waals surface area contributed by atoms with Crippen molar-refractivity contribution in [2.75, 3.05) is 31.4 Å². The maximum absolute atomic E-state index is 12.6. The number of esters is 2. The van der Waals surface area contributed by atoms with Gasteiger partial charge in [-0.15, -0.1) is 6.58 Å². The standard InChI is InChI=1S/C23H27NO6/c1-4-16-29-24(15-14-22(25)27-5-2)21-13-12-19(17-20(21)23(26)28-6-3)30-18-10-8-7-9-11-18/h4,7-13,17H,1,5-6,14-16H2,2-3H3. The summed E-state index contributed by atoms with van der Waals surface area (Å²) in [5.74, 6) is 0.241. The predicted molar refractivity (Wildman–Crippen MR) is 114 cm³/mol. The molecule has 0 spiro atoms. The zero-order chi connectivity index (χ0) is 21.8. The van der Waals surface area contributed by atoms with E-state index in [1.807, 2.05) is 30.3 Å². The van der Waals surface area contributed by atoms with E-state index in [9.17, 15) is 9.59 Å². The molecule has 2 rings (SSSR count). The molecule has 2 aromatic rings. The maximum Gasteiger partial charge on any atom is 0.340 e. The Morgan fingerprint density at radius 2 is 1.73 bits per heavy atom. The number of hydroxylamine groups is 1. The number of benzene rings is 2. The molecule has 2 aromatic carbocycles. The molecule has 0 amide bonds. The van der Waals surface area contributed by atoms with Gasteiger partial charge in [-0.05, 0) is 44.2 Å². The number of hydrogen-bond donors (Lipinski definition) is 0. The van der Waals surface area contributed by atoms with Crippen LogP contribution in [0.4, 0.5) is 5.69 Å². The van der Waals surface area contributed by atoms with Crippen LogP contribution >= 0.6 is 0 Å². The summed E-state index contributed by atoms with van der Waals surface area (Å²) in [6.07, 6.45) is 1.67. The van der Waals surface area contributed by atoms with Crippen LogP contribution in [0, 0.1) is 0 Å². The number of carbonyl (C=O) groups excluding carboxylic acids is 2. The minimum atomic E-state index is -0.519. The Bertz CT molecular complexity index is 837. The second kappa shape index (κ2) is 12.3. The molecule has 0 unspecified atom stereocenters. The van der Waals surface area contributed by atoms with E-state index >= 15 is 0 Å². The molecule has 0 atom stereocenters. The fraction of sp³-hybridized carbons (Fsp3) is 0.304. The molecule has 0 saturated heterocycles. The van der Waals surface area contributed by atoms with Crippen molar-refractivity contribution >= 4 is 17.6 Å². The minimum absolute atomic E-state index is 0.0928. The number of anilines is 1. The first-order valence-electron chi connectivity index (χ1n) is 9.80. The molecule has 7 nitrogen and oxygen atoms in total. The monoisotopic (exact) mass is 413 g/mol. The molecule has 30 heavy (non-hydrogen) atoms. The lowest BCUT2D eigenvalue weighted by atomic mass is 10.1. The molecule has 0 heterocycles. The Balaban J connectivity index is 2.33. The van der Waals surface area contributed by atoms with Crippen LogP contribution in [0.1, 0.15) is 30.6 Å². The topological polar surface area (TPSA) is 74.3 Å². The molecule has 0 aliphatic carbocycles. The van der Waals surface area contributed by atoms with Gasteiger partial charge in [0.05, 0.1) is 44.0 Å². The fourth-order valence-electron chi connectivity index (χ4n) is 2.62. The lowest BCUT2D eigenvalue weighted by molar-refractivity contribution is -0.143. The Morgan fingerprint density at radius 3 is 2.40 bits per heavy atom. The lowest BCUT2D eigenvalue weighted by Crippen LogP contribution is -2.29. The first-order valence-corrected chi connectivity index (χ1v) is 9.80. The fourth-order valence-corrected chi connectivity index (χ4v) is 2.62. The van der Waals surface area contributed by atoms with Gasteiger partial charge in [0.1, 0.15) is 11.5 Å². The van der Waals surface area contributed by atoms with Crippen molar-refractivity contribution in [3.05, 3.63) is 66.7 Å². The van der Waals surface area contributed by atoms with Crippen LogP contribution in [0.15, 0.2) is 61.2 Å². The second-order valence-electron chi connectivity index (χ2n) is 6.06. The SMILES string of the molecule is C=CCON(CCC(=O)OCC)c1ccc(Oc2ccccc2)cc1C(=O)OCC. The summed E-state index contributed by atoms with van der Waals surface area (Å²) in [5.41, 5.74) is 0.721. The third kappa shape index (κ3) is 6.93. The quantitative estimate of drug-likeness (QED) is 0.287. The van der Waals surface area contributed by atoms with Crippen LogP contribution in [0.3, 0.4) is 0 Å². The smallest absolute Gasteiger partial charge is 0.340 e. The highest BCUT2D eigenvalue weighted by Crippen LogP contribution is 2.30. The summed E-state index contributed by atoms with van der Waals surface area (Å²) in [7, 11) is 0. The highest BCUT2D eigenvalue weighted by atomic mass is 16.7. The van der Waals surface area contributed by atoms with Crippen molar-refractivity contribution in [2.24, 2.45) is 0 Å². The first kappa shape index (κ1) is 23.0. The van der Waals surface area contributed by atoms with E-state index in [-0.39, 0.29) is 37.7 Å². The molecule has 0 bridgehead atoms. The van der Waals surface area contributed by atoms with Crippen LogP contribution in [-0.2, 0) is 19.1 Å². The molecule has 160 valence electrons. The molecular weight excluding hydrogens is 386 g/mol. The number of carbonyl (C=O) groups is 2. The highest BCUT2D eigenvalue weighted by Gasteiger charge is 2.21. The predicted octanol–water partition coefficient (Wildman–Crippen LogP) is 4.53. The number of para-hydroxylation sites is 1. The van der Waals surface area contributed by atoms with Crippen molar-refractivity contribution in [3.63, 3.8) is 0 Å². The summed E-state index contributed by atoms with van der Waals surface area (Å²) in [6, 6.07) is 14.2. The minimum Gasteiger partial charge on any atom is -0.466 e. The highest BCUT2D eigenvalue weighted by molar-refractivity contribution is 5.96. The van der Waals surface area contributed by atoms with Crippen molar-refractivity contribution in [2.45, 2.75) is 20.3 Å². The van der Waals surface area contributed by atoms with Gasteiger partial charge in [0.15, 0.2) is 0 Å². The summed E-state index contributed by atoms with van der Waals surface area (Å²) < 4.78 is 16.0. The average Bonchev–Trinajstić information content (AvgIpc) is 2.75. The van der Waals surface area contributed by atoms with Gasteiger partial charge in [-0.3, -0.25) is 14.7 Å². The Hall–Kier alpha value is -3.32. The Morgan fingerprint density at radius 1 is 1.00 bits per heavy atom. The van der Waals surface area contributed by atoms with Crippen LogP contribution in [-0.4, -0.2) is 38.3 Å². The van der Waals surface area contributed by atoms with E-state index in [1.54, 1.807) is 38.1 Å². The molecule has 0 radical (unpaired) electrons. The molecule has 0 aliphatic rings. The van der Waals surface area contributed by atoms with Crippen molar-refractivity contribution < 1.29 is 28.6 Å². The maximum atomic E-state index is 12.6. The molecular formula is C23H27NO6. The number of ether oxygens (including phenoxy) is 3. The van der Waals surface area contributed by atoms with E-state index in [0.717, 1.165) is 0 Å². The van der Waals surface area contributed by atoms with Gasteiger partial charge < -0.3 is 14.2 Å². The van der Waals surface area contributed by atoms with Crippen molar-refractivity contribution in [3.8, 4) is 11.5 Å². The normalized spacial score (nSPS) is 10.2. The lowest BCUT2D eigenvalue weighted by Gasteiger charge is -2.25. The largest absolute Gasteiger partial charge is 0.466 e. The van der Waals surface area contributed by atoms with Gasteiger partial charge in [0.25, 0.3) is 0 Å². The van der Waals surface area contributed by atoms with Crippen LogP contribution in [0.5, 0.6) is 11.5 Å². The molecule has 0 N–H and O–H groups in total. The van der Waals surface area contributed by atoms with E-state index in [4.69, 9.17) is 19.0 Å². The van der Waals surface area contributed by atoms with Crippen molar-refractivity contribution in [1.29, 1.82) is 0 Å². The van der Waals surface area contributed by atoms with Gasteiger partial charge in [-0.25, -0.2) is 4.79 Å². The van der Waals surface area contributed by atoms with E-state index in [0.29, 0.717) is 23.8 Å². The summed E-state index contributed by atoms with van der Waals surface area (Å²) in [4.78, 5) is 30.1. The number of rotatable bonds is 12. The van der Waals surface area contributed by atoms with Crippen LogP contribution < -0.4 is 9.80 Å². The summed E-state index contributed by atoms with van der Waals surface area (Å²) >= 11 is 0. The van der Waals surface area contributed by atoms with Crippen LogP contribution in [0.25, 0.3) is 0 Å². The third-order valence-electron chi connectivity index (χ3n) is 3.88. The molecule has 0 aliphatic heterocycles. The van der Waals surface area contributed by atoms with Gasteiger partial charge in [0.2, 0.25) is 0 Å². The van der Waals surface area contributed by atoms with E-state index in [1.165, 1.54) is 5.06 Å². The van der Waals surface area contributed by atoms with Gasteiger partial charge in [-0.2, -0.15) is 0 Å². The Kier molecular flexibility index (Phi) is 9.40. The van der Waals surface area contributed by atoms with Crippen molar-refractivity contribution in [1.82, 2.24) is 0 Å². The molecule has 7 heteroatoms. The zero-order valence-corrected chi connectivity index (χ0v) is 17.3. The Labute approximate surface area is 176 Å². The summed E-state index contributed by atoms with van der Waals surface area (Å²) in [6.45, 7) is 8.03. The average molecular weight is 413 g/mol. The number of nitrogens with zero attached hydrogens (tertiary/aromatic N) is 1. The molecule has 0 fully saturated rings. The second-order valence-corrected chi connectivity index (χ2v) is 6.06. The third-order valence-corrected chi connectivity index (χ3v) is 3.88. The molecule has 0 aromatic heterocycles. The molecule has 0 saturated carbocycles. The van der Waals surface area contributed by atoms with E-state index < -0.39 is 5.97 Å². The van der Waals surface area contributed by atoms with Crippen LogP contribution in [0.2, 0.25) is 0 Å². The van der Waals surface area contributed by atoms with Gasteiger partial charge in [-0.1, -0.05) is 24.3 Å².